The van der Waals surface area contributed by atoms with Crippen LogP contribution < -0.4 is 9.80 Å². The lowest BCUT2D eigenvalue weighted by Gasteiger charge is -2.40. The predicted molar refractivity (Wildman–Crippen MR) is 494 cm³/mol. The highest BCUT2D eigenvalue weighted by molar-refractivity contribution is 6.22. The Balaban J connectivity index is 0.762. The molecule has 2 aliphatic heterocycles. The number of nitrogens with zero attached hydrogens (tertiary/aromatic N) is 4. The topological polar surface area (TPSA) is 42.6 Å². The summed E-state index contributed by atoms with van der Waals surface area (Å²) in [5, 5.41) is 9.17. The van der Waals surface area contributed by atoms with Crippen molar-refractivity contribution in [3.8, 4) is 78.5 Å². The molecule has 0 amide bonds. The lowest BCUT2D eigenvalue weighted by atomic mass is 9.65. The van der Waals surface area contributed by atoms with Gasteiger partial charge in [-0.05, 0) is 282 Å². The maximum absolute atomic E-state index is 6.56. The Hall–Kier alpha value is -15.5. The van der Waals surface area contributed by atoms with Gasteiger partial charge in [-0.15, -0.1) is 0 Å². The molecule has 0 radical (unpaired) electrons. The summed E-state index contributed by atoms with van der Waals surface area (Å²) < 4.78 is 18.4. The van der Waals surface area contributed by atoms with Crippen LogP contribution in [0.15, 0.2) is 409 Å². The monoisotopic (exact) mass is 1530 g/mol. The van der Waals surface area contributed by atoms with Crippen molar-refractivity contribution in [2.75, 3.05) is 9.80 Å². The van der Waals surface area contributed by atoms with Crippen molar-refractivity contribution in [1.29, 1.82) is 0 Å². The Morgan fingerprint density at radius 1 is 0.225 bits per heavy atom. The minimum Gasteiger partial charge on any atom is -0.456 e. The minimum atomic E-state index is -0.728. The fourth-order valence-corrected chi connectivity index (χ4v) is 21.6. The lowest BCUT2D eigenvalue weighted by Crippen LogP contribution is -2.33. The molecule has 0 fully saturated rings. The molecule has 6 heteroatoms. The van der Waals surface area contributed by atoms with Crippen molar-refractivity contribution in [3.63, 3.8) is 0 Å². The number of furan rings is 2. The normalized spacial score (nSPS) is 13.4. The molecule has 0 atom stereocenters. The Morgan fingerprint density at radius 2 is 0.550 bits per heavy atom. The molecule has 560 valence electrons. The molecule has 0 unspecified atom stereocenters. The third-order valence-electron chi connectivity index (χ3n) is 26.7. The number of benzene rings is 18. The summed E-state index contributed by atoms with van der Waals surface area (Å²) in [5.41, 5.74) is 37.8. The van der Waals surface area contributed by atoms with E-state index < -0.39 is 10.8 Å². The largest absolute Gasteiger partial charge is 0.456 e. The molecule has 22 aromatic rings. The van der Waals surface area contributed by atoms with E-state index in [0.717, 1.165) is 112 Å². The zero-order valence-corrected chi connectivity index (χ0v) is 65.7. The van der Waals surface area contributed by atoms with Crippen LogP contribution in [0.4, 0.5) is 34.1 Å². The van der Waals surface area contributed by atoms with E-state index in [9.17, 15) is 0 Å². The fraction of sp³-hybridized carbons (Fsp3) is 0.0351. The zero-order valence-electron chi connectivity index (χ0n) is 65.7. The first-order valence-corrected chi connectivity index (χ1v) is 41.6. The van der Waals surface area contributed by atoms with Gasteiger partial charge in [0, 0.05) is 77.6 Å². The van der Waals surface area contributed by atoms with Crippen LogP contribution in [-0.4, -0.2) is 9.13 Å². The van der Waals surface area contributed by atoms with Gasteiger partial charge in [-0.2, -0.15) is 0 Å². The van der Waals surface area contributed by atoms with Crippen LogP contribution in [0.3, 0.4) is 0 Å². The summed E-state index contributed by atoms with van der Waals surface area (Å²) in [7, 11) is 0. The Bertz CT molecular complexity index is 7460. The molecule has 26 rings (SSSR count). The smallest absolute Gasteiger partial charge is 0.135 e. The molecule has 0 bridgehead atoms. The summed E-state index contributed by atoms with van der Waals surface area (Å²) in [6.07, 6.45) is 0. The molecule has 0 saturated carbocycles. The molecule has 6 nitrogen and oxygen atoms in total. The first kappa shape index (κ1) is 66.8. The van der Waals surface area contributed by atoms with Crippen molar-refractivity contribution in [3.05, 3.63) is 456 Å². The van der Waals surface area contributed by atoms with Crippen LogP contribution in [0.2, 0.25) is 0 Å². The van der Waals surface area contributed by atoms with E-state index in [4.69, 9.17) is 8.83 Å². The number of fused-ring (bicyclic) bond motifs is 27. The Kier molecular flexibility index (Phi) is 13.9. The van der Waals surface area contributed by atoms with Crippen molar-refractivity contribution >= 4 is 110 Å². The Morgan fingerprint density at radius 3 is 0.917 bits per heavy atom. The predicted octanol–water partition coefficient (Wildman–Crippen LogP) is 30.1. The highest BCUT2D eigenvalue weighted by atomic mass is 16.3. The van der Waals surface area contributed by atoms with Gasteiger partial charge in [-0.25, -0.2) is 0 Å². The zero-order chi connectivity index (χ0) is 78.8. The standard InChI is InChI=1S/C114H72N4O2/c1-69-37-55-99-105(57-69)117-103-61-79-60-92-94-66-86(116(82-49-41-74(42-50-82)72-23-7-4-8-24-72)84-53-45-76(46-54-84)110-64-78-26-10-20-36-108(78)120-110)68-102-112(94)118(106-58-70(2)38-56-100(106)114(102)97-33-17-13-29-89(97)90-30-14-18-34-98(90)114)104(92)62-80(79)59-91(103)93-65-85(67-101(111(93)117)113(99)95-31-15-11-27-87(95)88-28-12-16-32-96(88)113)115(81-47-39-73(40-48-81)71-21-5-3-6-22-71)83-51-43-75(44-52-83)109-63-77-25-9-19-35-107(77)119-109/h3-68H,1-2H3. The summed E-state index contributed by atoms with van der Waals surface area (Å²) in [4.78, 5) is 4.97. The van der Waals surface area contributed by atoms with Crippen LogP contribution in [0, 0.1) is 13.8 Å². The third-order valence-corrected chi connectivity index (χ3v) is 26.7. The van der Waals surface area contributed by atoms with Gasteiger partial charge in [-0.1, -0.05) is 243 Å². The molecule has 0 saturated heterocycles. The minimum absolute atomic E-state index is 0.728. The van der Waals surface area contributed by atoms with Crippen LogP contribution in [0.25, 0.3) is 155 Å². The number of hydrogen-bond donors (Lipinski definition) is 0. The second kappa shape index (κ2) is 25.0. The van der Waals surface area contributed by atoms with Crippen molar-refractivity contribution in [1.82, 2.24) is 9.13 Å². The van der Waals surface area contributed by atoms with Gasteiger partial charge in [0.1, 0.15) is 22.7 Å². The second-order valence-electron chi connectivity index (χ2n) is 33.1. The number of anilines is 6. The molecule has 18 aromatic carbocycles. The maximum atomic E-state index is 6.56. The third kappa shape index (κ3) is 9.33. The second-order valence-corrected chi connectivity index (χ2v) is 33.1. The average molecular weight is 1530 g/mol. The molecule has 0 N–H and O–H groups in total. The summed E-state index contributed by atoms with van der Waals surface area (Å²) in [6, 6.07) is 150. The fourth-order valence-electron chi connectivity index (χ4n) is 21.6. The molecule has 2 aliphatic carbocycles. The van der Waals surface area contributed by atoms with E-state index in [-0.39, 0.29) is 0 Å². The maximum Gasteiger partial charge on any atom is 0.135 e. The molecule has 120 heavy (non-hydrogen) atoms. The lowest BCUT2D eigenvalue weighted by molar-refractivity contribution is 0.631. The molecule has 4 aliphatic rings. The van der Waals surface area contributed by atoms with Gasteiger partial charge in [0.25, 0.3) is 0 Å². The highest BCUT2D eigenvalue weighted by Gasteiger charge is 2.53. The quantitative estimate of drug-likeness (QED) is 0.137. The van der Waals surface area contributed by atoms with Crippen molar-refractivity contribution in [2.24, 2.45) is 0 Å². The molecule has 2 spiro atoms. The van der Waals surface area contributed by atoms with E-state index >= 15 is 0 Å². The van der Waals surface area contributed by atoms with E-state index in [1.54, 1.807) is 0 Å². The number of aromatic nitrogens is 2. The van der Waals surface area contributed by atoms with Gasteiger partial charge >= 0.3 is 0 Å². The summed E-state index contributed by atoms with van der Waals surface area (Å²) in [6.45, 7) is 4.51. The first-order chi connectivity index (χ1) is 59.3. The van der Waals surface area contributed by atoms with E-state index in [1.165, 1.54) is 133 Å². The number of para-hydroxylation sites is 2. The van der Waals surface area contributed by atoms with E-state index in [2.05, 4.69) is 409 Å². The molecular weight excluding hydrogens is 1460 g/mol. The molecular formula is C114H72N4O2. The number of aryl methyl sites for hydroxylation is 2. The van der Waals surface area contributed by atoms with Gasteiger partial charge in [0.2, 0.25) is 0 Å². The summed E-state index contributed by atoms with van der Waals surface area (Å²) >= 11 is 0. The summed E-state index contributed by atoms with van der Waals surface area (Å²) in [5.74, 6) is 1.67. The van der Waals surface area contributed by atoms with Crippen LogP contribution in [-0.2, 0) is 10.8 Å². The molecule has 4 aromatic heterocycles. The van der Waals surface area contributed by atoms with Crippen LogP contribution in [0.1, 0.15) is 55.6 Å². The van der Waals surface area contributed by atoms with Gasteiger partial charge in [0.15, 0.2) is 0 Å². The SMILES string of the molecule is Cc1ccc2c(c1)-n1c3cc4cc5c6cc(N(c7ccc(-c8ccccc8)cc7)c7ccc(-c8cc9ccccc9o8)cc7)cc7c6n(c5cc4cc3c3cc(N(c4ccc(-c5ccccc5)cc4)c4ccc(-c5cc6ccccc6o5)cc4)cc(c31)C21c2ccccc2-c2ccccc21)-c1cc(C)ccc1C71c2ccccc2-c2ccccc21. The van der Waals surface area contributed by atoms with Gasteiger partial charge in [-0.3, -0.25) is 0 Å². The Labute approximate surface area is 692 Å². The number of hydrogen-bond acceptors (Lipinski definition) is 4. The van der Waals surface area contributed by atoms with Crippen LogP contribution >= 0.6 is 0 Å². The van der Waals surface area contributed by atoms with Crippen molar-refractivity contribution < 1.29 is 8.83 Å². The molecule has 6 heterocycles. The highest BCUT2D eigenvalue weighted by Crippen LogP contribution is 2.65. The van der Waals surface area contributed by atoms with Gasteiger partial charge in [0.05, 0.1) is 44.3 Å². The average Bonchev–Trinajstić information content (AvgIpc) is 1.50. The van der Waals surface area contributed by atoms with Crippen molar-refractivity contribution in [2.45, 2.75) is 24.7 Å². The van der Waals surface area contributed by atoms with E-state index in [0.29, 0.717) is 0 Å². The first-order valence-electron chi connectivity index (χ1n) is 41.6. The number of rotatable bonds is 10. The van der Waals surface area contributed by atoms with E-state index in [1.807, 2.05) is 24.3 Å². The van der Waals surface area contributed by atoms with Crippen LogP contribution in [0.5, 0.6) is 0 Å². The van der Waals surface area contributed by atoms with Gasteiger partial charge < -0.3 is 27.8 Å².